The Kier molecular flexibility index (Phi) is 4.97. The number of hydrogen-bond donors (Lipinski definition) is 1. The predicted molar refractivity (Wildman–Crippen MR) is 120 cm³/mol. The van der Waals surface area contributed by atoms with E-state index in [0.29, 0.717) is 11.2 Å². The topological polar surface area (TPSA) is 73.2 Å². The van der Waals surface area contributed by atoms with Gasteiger partial charge in [0.25, 0.3) is 0 Å². The minimum absolute atomic E-state index is 0.0182. The van der Waals surface area contributed by atoms with Crippen LogP contribution < -0.4 is 10.1 Å². The number of hydrogen-bond acceptors (Lipinski definition) is 4. The Morgan fingerprint density at radius 3 is 2.59 bits per heavy atom. The van der Waals surface area contributed by atoms with E-state index in [0.717, 1.165) is 16.5 Å². The number of amides is 1. The lowest BCUT2D eigenvalue weighted by molar-refractivity contribution is -0.167. The molecule has 0 radical (unpaired) electrons. The SMILES string of the molecule is Cn1cc(/C=C2\Oc3ccc(NC(=O)C(F)(F)F)cc3C2=O)c2c(-c3ccccc3)ccnc21. The van der Waals surface area contributed by atoms with Crippen molar-refractivity contribution >= 4 is 34.5 Å². The van der Waals surface area contributed by atoms with Crippen molar-refractivity contribution < 1.29 is 27.5 Å². The van der Waals surface area contributed by atoms with Crippen LogP contribution in [0.4, 0.5) is 18.9 Å². The number of pyridine rings is 1. The Bertz CT molecular complexity index is 1490. The first-order valence-electron chi connectivity index (χ1n) is 10.2. The van der Waals surface area contributed by atoms with Crippen LogP contribution in [-0.2, 0) is 11.8 Å². The van der Waals surface area contributed by atoms with E-state index in [-0.39, 0.29) is 22.8 Å². The van der Waals surface area contributed by atoms with E-state index in [2.05, 4.69) is 4.98 Å². The van der Waals surface area contributed by atoms with E-state index in [4.69, 9.17) is 4.74 Å². The van der Waals surface area contributed by atoms with Crippen LogP contribution in [-0.4, -0.2) is 27.4 Å². The molecule has 1 amide bonds. The maximum atomic E-state index is 13.0. The Labute approximate surface area is 191 Å². The van der Waals surface area contributed by atoms with Gasteiger partial charge in [-0.2, -0.15) is 13.2 Å². The maximum absolute atomic E-state index is 13.0. The molecular weight excluding hydrogens is 447 g/mol. The molecule has 0 atom stereocenters. The highest BCUT2D eigenvalue weighted by molar-refractivity contribution is 6.16. The zero-order valence-electron chi connectivity index (χ0n) is 17.7. The quantitative estimate of drug-likeness (QED) is 0.416. The number of aromatic nitrogens is 2. The van der Waals surface area contributed by atoms with E-state index in [9.17, 15) is 22.8 Å². The molecule has 0 unspecified atom stereocenters. The molecule has 0 fully saturated rings. The summed E-state index contributed by atoms with van der Waals surface area (Å²) >= 11 is 0. The summed E-state index contributed by atoms with van der Waals surface area (Å²) in [5.41, 5.74) is 3.23. The summed E-state index contributed by atoms with van der Waals surface area (Å²) in [4.78, 5) is 28.7. The number of carbonyl (C=O) groups excluding carboxylic acids is 2. The van der Waals surface area contributed by atoms with Gasteiger partial charge in [-0.25, -0.2) is 4.98 Å². The van der Waals surface area contributed by atoms with Gasteiger partial charge in [-0.05, 0) is 41.5 Å². The smallest absolute Gasteiger partial charge is 0.452 e. The van der Waals surface area contributed by atoms with E-state index >= 15 is 0 Å². The molecule has 3 heterocycles. The monoisotopic (exact) mass is 463 g/mol. The molecule has 4 aromatic rings. The van der Waals surface area contributed by atoms with Crippen LogP contribution in [0.25, 0.3) is 28.2 Å². The zero-order valence-corrected chi connectivity index (χ0v) is 17.7. The van der Waals surface area contributed by atoms with Crippen molar-refractivity contribution in [3.63, 3.8) is 0 Å². The summed E-state index contributed by atoms with van der Waals surface area (Å²) in [5.74, 6) is -2.40. The minimum Gasteiger partial charge on any atom is -0.452 e. The first-order chi connectivity index (χ1) is 16.2. The number of anilines is 1. The molecule has 6 nitrogen and oxygen atoms in total. The normalized spacial score (nSPS) is 14.4. The Morgan fingerprint density at radius 2 is 1.85 bits per heavy atom. The molecule has 0 bridgehead atoms. The third-order valence-electron chi connectivity index (χ3n) is 5.44. The molecule has 34 heavy (non-hydrogen) atoms. The van der Waals surface area contributed by atoms with Crippen LogP contribution in [0.2, 0.25) is 0 Å². The van der Waals surface area contributed by atoms with Gasteiger partial charge in [-0.1, -0.05) is 30.3 Å². The van der Waals surface area contributed by atoms with Gasteiger partial charge < -0.3 is 14.6 Å². The first kappa shape index (κ1) is 21.4. The number of ether oxygens (including phenoxy) is 1. The number of Topliss-reactive ketones (excluding diaryl/α,β-unsaturated/α-hetero) is 1. The molecule has 0 saturated heterocycles. The van der Waals surface area contributed by atoms with E-state index < -0.39 is 17.9 Å². The fourth-order valence-corrected chi connectivity index (χ4v) is 3.91. The van der Waals surface area contributed by atoms with Crippen LogP contribution in [0.3, 0.4) is 0 Å². The molecule has 0 saturated carbocycles. The maximum Gasteiger partial charge on any atom is 0.471 e. The van der Waals surface area contributed by atoms with Gasteiger partial charge >= 0.3 is 12.1 Å². The van der Waals surface area contributed by atoms with Crippen molar-refractivity contribution in [1.82, 2.24) is 9.55 Å². The second-order valence-electron chi connectivity index (χ2n) is 7.72. The summed E-state index contributed by atoms with van der Waals surface area (Å²) in [6.07, 6.45) is 0.0906. The largest absolute Gasteiger partial charge is 0.471 e. The second kappa shape index (κ2) is 7.87. The van der Waals surface area contributed by atoms with Crippen LogP contribution in [0.1, 0.15) is 15.9 Å². The third-order valence-corrected chi connectivity index (χ3v) is 5.44. The molecule has 2 aromatic heterocycles. The third kappa shape index (κ3) is 3.71. The standard InChI is InChI=1S/C25H16F3N3O3/c1-31-13-15(21-17(9-10-29-23(21)31)14-5-3-2-4-6-14)11-20-22(32)18-12-16(7-8-19(18)34-20)30-24(33)25(26,27)28/h2-13H,1H3,(H,30,33)/b20-11-. The molecule has 170 valence electrons. The Morgan fingerprint density at radius 1 is 1.09 bits per heavy atom. The lowest BCUT2D eigenvalue weighted by atomic mass is 10.0. The van der Waals surface area contributed by atoms with Crippen molar-refractivity contribution in [3.05, 3.63) is 83.9 Å². The van der Waals surface area contributed by atoms with Gasteiger partial charge in [0.15, 0.2) is 5.76 Å². The van der Waals surface area contributed by atoms with Crippen molar-refractivity contribution in [3.8, 4) is 16.9 Å². The molecule has 2 aromatic carbocycles. The lowest BCUT2D eigenvalue weighted by Crippen LogP contribution is -2.29. The average molecular weight is 463 g/mol. The summed E-state index contributed by atoms with van der Waals surface area (Å²) < 4.78 is 45.2. The Hall–Kier alpha value is -4.40. The van der Waals surface area contributed by atoms with Gasteiger partial charge in [0.2, 0.25) is 5.78 Å². The van der Waals surface area contributed by atoms with Crippen LogP contribution in [0.5, 0.6) is 5.75 Å². The average Bonchev–Trinajstić information content (AvgIpc) is 3.30. The van der Waals surface area contributed by atoms with Gasteiger partial charge in [-0.15, -0.1) is 0 Å². The number of ketones is 1. The number of aryl methyl sites for hydroxylation is 1. The van der Waals surface area contributed by atoms with Crippen LogP contribution >= 0.6 is 0 Å². The van der Waals surface area contributed by atoms with Gasteiger partial charge in [0, 0.05) is 36.1 Å². The van der Waals surface area contributed by atoms with Gasteiger partial charge in [0.05, 0.1) is 5.56 Å². The number of alkyl halides is 3. The van der Waals surface area contributed by atoms with Gasteiger partial charge in [-0.3, -0.25) is 9.59 Å². The second-order valence-corrected chi connectivity index (χ2v) is 7.72. The minimum atomic E-state index is -5.04. The van der Waals surface area contributed by atoms with E-state index in [1.807, 2.05) is 54.2 Å². The first-order valence-corrected chi connectivity index (χ1v) is 10.2. The number of nitrogens with one attached hydrogen (secondary N) is 1. The van der Waals surface area contributed by atoms with Crippen molar-refractivity contribution in [2.24, 2.45) is 7.05 Å². The summed E-state index contributed by atoms with van der Waals surface area (Å²) in [6, 6.07) is 15.4. The number of rotatable bonds is 3. The summed E-state index contributed by atoms with van der Waals surface area (Å²) in [7, 11) is 1.84. The molecular formula is C25H16F3N3O3. The number of carbonyl (C=O) groups is 2. The number of allylic oxidation sites excluding steroid dienone is 1. The molecule has 9 heteroatoms. The van der Waals surface area contributed by atoms with Crippen LogP contribution in [0, 0.1) is 0 Å². The number of halogens is 3. The fourth-order valence-electron chi connectivity index (χ4n) is 3.91. The molecule has 0 spiro atoms. The number of benzene rings is 2. The van der Waals surface area contributed by atoms with Gasteiger partial charge in [0.1, 0.15) is 11.4 Å². The van der Waals surface area contributed by atoms with E-state index in [1.54, 1.807) is 17.6 Å². The summed E-state index contributed by atoms with van der Waals surface area (Å²) in [5, 5.41) is 2.57. The molecule has 0 aliphatic carbocycles. The molecule has 5 rings (SSSR count). The fraction of sp³-hybridized carbons (Fsp3) is 0.0800. The zero-order chi connectivity index (χ0) is 24.0. The molecule has 1 aliphatic heterocycles. The summed E-state index contributed by atoms with van der Waals surface area (Å²) in [6.45, 7) is 0. The van der Waals surface area contributed by atoms with Crippen molar-refractivity contribution in [2.45, 2.75) is 6.18 Å². The van der Waals surface area contributed by atoms with Crippen molar-refractivity contribution in [2.75, 3.05) is 5.32 Å². The molecule has 1 aliphatic rings. The number of nitrogens with zero attached hydrogens (tertiary/aromatic N) is 2. The van der Waals surface area contributed by atoms with Crippen molar-refractivity contribution in [1.29, 1.82) is 0 Å². The predicted octanol–water partition coefficient (Wildman–Crippen LogP) is 5.36. The lowest BCUT2D eigenvalue weighted by Gasteiger charge is -2.08. The van der Waals surface area contributed by atoms with Crippen LogP contribution in [0.15, 0.2) is 72.8 Å². The highest BCUT2D eigenvalue weighted by atomic mass is 19.4. The number of fused-ring (bicyclic) bond motifs is 2. The van der Waals surface area contributed by atoms with E-state index in [1.165, 1.54) is 18.2 Å². The highest BCUT2D eigenvalue weighted by Gasteiger charge is 2.39. The molecule has 1 N–H and O–H groups in total. The highest BCUT2D eigenvalue weighted by Crippen LogP contribution is 2.37. The Balaban J connectivity index is 1.54.